The summed E-state index contributed by atoms with van der Waals surface area (Å²) < 4.78 is 32.4. The Bertz CT molecular complexity index is 628. The van der Waals surface area contributed by atoms with Gasteiger partial charge in [-0.15, -0.1) is 0 Å². The Morgan fingerprint density at radius 2 is 1.95 bits per heavy atom. The number of benzene rings is 2. The van der Waals surface area contributed by atoms with Gasteiger partial charge in [-0.25, -0.2) is 8.78 Å². The van der Waals surface area contributed by atoms with Crippen molar-refractivity contribution in [2.24, 2.45) is 0 Å². The van der Waals surface area contributed by atoms with Gasteiger partial charge in [0, 0.05) is 12.0 Å². The van der Waals surface area contributed by atoms with Crippen molar-refractivity contribution in [3.63, 3.8) is 0 Å². The van der Waals surface area contributed by atoms with Gasteiger partial charge in [-0.05, 0) is 35.4 Å². The fourth-order valence-corrected chi connectivity index (χ4v) is 2.89. The second kappa shape index (κ2) is 4.93. The van der Waals surface area contributed by atoms with E-state index in [1.54, 1.807) is 0 Å². The normalized spacial score (nSPS) is 14.9. The zero-order valence-corrected chi connectivity index (χ0v) is 11.6. The first-order valence-corrected chi connectivity index (χ1v) is 6.91. The Balaban J connectivity index is 1.99. The molecule has 98 valence electrons. The average molecular weight is 325 g/mol. The first-order valence-electron chi connectivity index (χ1n) is 6.00. The molecule has 2 aromatic carbocycles. The number of hydrogen-bond donors (Lipinski definition) is 0. The maximum absolute atomic E-state index is 13.8. The lowest BCUT2D eigenvalue weighted by molar-refractivity contribution is 0.357. The molecule has 1 aliphatic heterocycles. The van der Waals surface area contributed by atoms with Crippen molar-refractivity contribution in [3.8, 4) is 5.75 Å². The minimum atomic E-state index is -0.439. The van der Waals surface area contributed by atoms with E-state index in [1.165, 1.54) is 6.07 Å². The largest absolute Gasteiger partial charge is 0.493 e. The lowest BCUT2D eigenvalue weighted by atomic mass is 10.0. The van der Waals surface area contributed by atoms with Gasteiger partial charge in [-0.1, -0.05) is 28.1 Å². The molecule has 0 aromatic heterocycles. The predicted octanol–water partition coefficient (Wildman–Crippen LogP) is 4.38. The molecular weight excluding hydrogens is 314 g/mol. The summed E-state index contributed by atoms with van der Waals surface area (Å²) in [6, 6.07) is 9.21. The third-order valence-electron chi connectivity index (χ3n) is 3.24. The van der Waals surface area contributed by atoms with Crippen LogP contribution in [0.4, 0.5) is 8.78 Å². The van der Waals surface area contributed by atoms with E-state index in [4.69, 9.17) is 4.74 Å². The van der Waals surface area contributed by atoms with Crippen molar-refractivity contribution < 1.29 is 13.5 Å². The van der Waals surface area contributed by atoms with Gasteiger partial charge in [-0.2, -0.15) is 0 Å². The van der Waals surface area contributed by atoms with Crippen LogP contribution in [0, 0.1) is 11.6 Å². The monoisotopic (exact) mass is 324 g/mol. The molecule has 0 radical (unpaired) electrons. The van der Waals surface area contributed by atoms with Crippen LogP contribution in [0.1, 0.15) is 21.5 Å². The number of hydrogen-bond acceptors (Lipinski definition) is 1. The number of alkyl halides is 1. The average Bonchev–Trinajstić information content (AvgIpc) is 2.88. The Kier molecular flexibility index (Phi) is 3.27. The van der Waals surface area contributed by atoms with Gasteiger partial charge in [0.05, 0.1) is 11.4 Å². The SMILES string of the molecule is Fc1ccc(F)c(C(Br)c2ccc3c(c2)CCO3)c1. The molecule has 2 aromatic rings. The zero-order chi connectivity index (χ0) is 13.4. The van der Waals surface area contributed by atoms with Crippen LogP contribution in [0.3, 0.4) is 0 Å². The van der Waals surface area contributed by atoms with Crippen LogP contribution in [-0.4, -0.2) is 6.61 Å². The summed E-state index contributed by atoms with van der Waals surface area (Å²) >= 11 is 3.44. The molecule has 3 rings (SSSR count). The van der Waals surface area contributed by atoms with Crippen LogP contribution in [0.5, 0.6) is 5.75 Å². The van der Waals surface area contributed by atoms with E-state index in [0.717, 1.165) is 35.4 Å². The Morgan fingerprint density at radius 3 is 2.79 bits per heavy atom. The summed E-state index contributed by atoms with van der Waals surface area (Å²) in [5, 5.41) is 0. The number of ether oxygens (including phenoxy) is 1. The molecule has 1 atom stereocenters. The van der Waals surface area contributed by atoms with Gasteiger partial charge in [0.1, 0.15) is 17.4 Å². The standard InChI is InChI=1S/C15H11BrF2O/c16-15(12-8-11(17)2-3-13(12)18)10-1-4-14-9(7-10)5-6-19-14/h1-4,7-8,15H,5-6H2. The van der Waals surface area contributed by atoms with Crippen molar-refractivity contribution in [1.29, 1.82) is 0 Å². The quantitative estimate of drug-likeness (QED) is 0.745. The van der Waals surface area contributed by atoms with Crippen LogP contribution in [0.15, 0.2) is 36.4 Å². The van der Waals surface area contributed by atoms with Gasteiger partial charge in [0.2, 0.25) is 0 Å². The Hall–Kier alpha value is -1.42. The van der Waals surface area contributed by atoms with Gasteiger partial charge >= 0.3 is 0 Å². The Labute approximate surface area is 118 Å². The maximum Gasteiger partial charge on any atom is 0.128 e. The van der Waals surface area contributed by atoms with E-state index in [1.807, 2.05) is 18.2 Å². The molecule has 1 aliphatic rings. The van der Waals surface area contributed by atoms with Gasteiger partial charge in [0.15, 0.2) is 0 Å². The fraction of sp³-hybridized carbons (Fsp3) is 0.200. The minimum Gasteiger partial charge on any atom is -0.493 e. The number of fused-ring (bicyclic) bond motifs is 1. The van der Waals surface area contributed by atoms with Crippen LogP contribution < -0.4 is 4.74 Å². The second-order valence-corrected chi connectivity index (χ2v) is 5.41. The van der Waals surface area contributed by atoms with Crippen molar-refractivity contribution >= 4 is 15.9 Å². The van der Waals surface area contributed by atoms with Crippen molar-refractivity contribution in [3.05, 3.63) is 64.7 Å². The molecule has 4 heteroatoms. The Morgan fingerprint density at radius 1 is 1.11 bits per heavy atom. The lowest BCUT2D eigenvalue weighted by Crippen LogP contribution is -1.98. The summed E-state index contributed by atoms with van der Waals surface area (Å²) in [7, 11) is 0. The highest BCUT2D eigenvalue weighted by molar-refractivity contribution is 9.09. The van der Waals surface area contributed by atoms with Crippen LogP contribution >= 0.6 is 15.9 Å². The molecule has 0 N–H and O–H groups in total. The summed E-state index contributed by atoms with van der Waals surface area (Å²) in [4.78, 5) is -0.367. The van der Waals surface area contributed by atoms with Crippen LogP contribution in [0.25, 0.3) is 0 Å². The molecule has 0 aliphatic carbocycles. The predicted molar refractivity (Wildman–Crippen MR) is 72.8 cm³/mol. The zero-order valence-electron chi connectivity index (χ0n) is 10.00. The van der Waals surface area contributed by atoms with Gasteiger partial charge in [0.25, 0.3) is 0 Å². The lowest BCUT2D eigenvalue weighted by Gasteiger charge is -2.13. The molecule has 1 nitrogen and oxygen atoms in total. The number of halogens is 3. The highest BCUT2D eigenvalue weighted by Crippen LogP contribution is 2.36. The topological polar surface area (TPSA) is 9.23 Å². The van der Waals surface area contributed by atoms with Crippen LogP contribution in [-0.2, 0) is 6.42 Å². The summed E-state index contributed by atoms with van der Waals surface area (Å²) in [6.45, 7) is 0.681. The van der Waals surface area contributed by atoms with Crippen LogP contribution in [0.2, 0.25) is 0 Å². The molecule has 0 amide bonds. The highest BCUT2D eigenvalue weighted by atomic mass is 79.9. The van der Waals surface area contributed by atoms with E-state index in [2.05, 4.69) is 15.9 Å². The molecule has 0 fully saturated rings. The van der Waals surface area contributed by atoms with Gasteiger partial charge < -0.3 is 4.74 Å². The fourth-order valence-electron chi connectivity index (χ4n) is 2.25. The third kappa shape index (κ3) is 2.37. The first kappa shape index (κ1) is 12.6. The van der Waals surface area contributed by atoms with E-state index in [9.17, 15) is 8.78 Å². The molecule has 0 spiro atoms. The minimum absolute atomic E-state index is 0.305. The van der Waals surface area contributed by atoms with E-state index in [0.29, 0.717) is 12.2 Å². The third-order valence-corrected chi connectivity index (χ3v) is 4.26. The molecule has 0 saturated heterocycles. The summed E-state index contributed by atoms with van der Waals surface area (Å²) in [5.74, 6) is 0.0218. The summed E-state index contributed by atoms with van der Waals surface area (Å²) in [5.41, 5.74) is 2.31. The van der Waals surface area contributed by atoms with Crippen molar-refractivity contribution in [2.45, 2.75) is 11.2 Å². The highest BCUT2D eigenvalue weighted by Gasteiger charge is 2.19. The molecule has 1 heterocycles. The van der Waals surface area contributed by atoms with Gasteiger partial charge in [-0.3, -0.25) is 0 Å². The number of rotatable bonds is 2. The van der Waals surface area contributed by atoms with Crippen molar-refractivity contribution in [2.75, 3.05) is 6.61 Å². The second-order valence-electron chi connectivity index (χ2n) is 4.49. The van der Waals surface area contributed by atoms with Crippen molar-refractivity contribution in [1.82, 2.24) is 0 Å². The molecule has 1 unspecified atom stereocenters. The first-order chi connectivity index (χ1) is 9.15. The van der Waals surface area contributed by atoms with E-state index >= 15 is 0 Å². The smallest absolute Gasteiger partial charge is 0.128 e. The van der Waals surface area contributed by atoms with E-state index in [-0.39, 0.29) is 4.83 Å². The summed E-state index contributed by atoms with van der Waals surface area (Å²) in [6.07, 6.45) is 0.856. The molecule has 0 saturated carbocycles. The molecule has 0 bridgehead atoms. The maximum atomic E-state index is 13.8. The molecular formula is C15H11BrF2O. The van der Waals surface area contributed by atoms with E-state index < -0.39 is 11.6 Å². The molecule has 19 heavy (non-hydrogen) atoms.